The van der Waals surface area contributed by atoms with Gasteiger partial charge in [0.05, 0.1) is 29.1 Å². The largest absolute Gasteiger partial charge is 0.461 e. The third-order valence-electron chi connectivity index (χ3n) is 5.47. The Kier molecular flexibility index (Phi) is 8.18. The predicted molar refractivity (Wildman–Crippen MR) is 118 cm³/mol. The van der Waals surface area contributed by atoms with E-state index in [-0.39, 0.29) is 18.1 Å². The fourth-order valence-electron chi connectivity index (χ4n) is 3.77. The zero-order chi connectivity index (χ0) is 24.0. The highest BCUT2D eigenvalue weighted by Gasteiger charge is 2.28. The number of esters is 1. The topological polar surface area (TPSA) is 82.5 Å². The van der Waals surface area contributed by atoms with Crippen LogP contribution in [-0.2, 0) is 28.9 Å². The monoisotopic (exact) mass is 463 g/mol. The standard InChI is InChI=1S/C24H31F2N3O4/c1-4-19-21-20(7-5-11-32-12-6-10-27-22(21)30)29(28-19)14-24(2,3)15-33-23(31)16-8-9-17(25)18(26)13-16/h8-9,13H,4-7,10-12,14-15H2,1-3H3,(H,27,30). The number of ether oxygens (including phenoxy) is 2. The molecule has 0 aliphatic carbocycles. The SMILES string of the molecule is CCc1nn(CC(C)(C)COC(=O)c2ccc(F)c(F)c2)c2c1C(=O)NCCCOCCC2. The van der Waals surface area contributed by atoms with Gasteiger partial charge in [-0.05, 0) is 43.9 Å². The molecule has 3 rings (SSSR count). The summed E-state index contributed by atoms with van der Waals surface area (Å²) in [6, 6.07) is 2.91. The lowest BCUT2D eigenvalue weighted by Gasteiger charge is -2.25. The summed E-state index contributed by atoms with van der Waals surface area (Å²) in [7, 11) is 0. The van der Waals surface area contributed by atoms with Crippen molar-refractivity contribution >= 4 is 11.9 Å². The van der Waals surface area contributed by atoms with Crippen LogP contribution in [-0.4, -0.2) is 48.0 Å². The first-order valence-corrected chi connectivity index (χ1v) is 11.3. The molecule has 180 valence electrons. The molecule has 7 nitrogen and oxygen atoms in total. The average Bonchev–Trinajstić information content (AvgIpc) is 3.10. The van der Waals surface area contributed by atoms with Crippen LogP contribution in [0.2, 0.25) is 0 Å². The lowest BCUT2D eigenvalue weighted by Crippen LogP contribution is -2.29. The molecule has 1 aromatic heterocycles. The summed E-state index contributed by atoms with van der Waals surface area (Å²) >= 11 is 0. The van der Waals surface area contributed by atoms with Crippen LogP contribution in [0.4, 0.5) is 8.78 Å². The maximum Gasteiger partial charge on any atom is 0.338 e. The van der Waals surface area contributed by atoms with E-state index in [2.05, 4.69) is 5.32 Å². The van der Waals surface area contributed by atoms with Crippen molar-refractivity contribution in [1.29, 1.82) is 0 Å². The first-order valence-electron chi connectivity index (χ1n) is 11.3. The van der Waals surface area contributed by atoms with Gasteiger partial charge in [0, 0.05) is 31.7 Å². The Morgan fingerprint density at radius 3 is 2.73 bits per heavy atom. The lowest BCUT2D eigenvalue weighted by molar-refractivity contribution is 0.0304. The normalized spacial score (nSPS) is 15.4. The van der Waals surface area contributed by atoms with E-state index in [0.717, 1.165) is 36.4 Å². The van der Waals surface area contributed by atoms with Crippen LogP contribution in [0.25, 0.3) is 0 Å². The molecule has 0 bridgehead atoms. The number of nitrogens with zero attached hydrogens (tertiary/aromatic N) is 2. The van der Waals surface area contributed by atoms with Gasteiger partial charge in [0.2, 0.25) is 0 Å². The fraction of sp³-hybridized carbons (Fsp3) is 0.542. The van der Waals surface area contributed by atoms with Gasteiger partial charge < -0.3 is 14.8 Å². The van der Waals surface area contributed by atoms with E-state index in [1.165, 1.54) is 6.07 Å². The molecule has 0 spiro atoms. The summed E-state index contributed by atoms with van der Waals surface area (Å²) in [5.41, 5.74) is 1.61. The number of halogens is 2. The number of fused-ring (bicyclic) bond motifs is 1. The van der Waals surface area contributed by atoms with E-state index < -0.39 is 23.0 Å². The minimum atomic E-state index is -1.10. The Hall–Kier alpha value is -2.81. The molecule has 0 unspecified atom stereocenters. The van der Waals surface area contributed by atoms with E-state index in [0.29, 0.717) is 44.7 Å². The number of hydrogen-bond acceptors (Lipinski definition) is 5. The number of amides is 1. The predicted octanol–water partition coefficient (Wildman–Crippen LogP) is 3.69. The van der Waals surface area contributed by atoms with Crippen molar-refractivity contribution in [3.63, 3.8) is 0 Å². The molecule has 0 radical (unpaired) electrons. The second-order valence-corrected chi connectivity index (χ2v) is 8.97. The first-order chi connectivity index (χ1) is 15.7. The van der Waals surface area contributed by atoms with Gasteiger partial charge in [-0.1, -0.05) is 20.8 Å². The Balaban J connectivity index is 1.77. The molecule has 33 heavy (non-hydrogen) atoms. The molecule has 0 atom stereocenters. The molecule has 1 aliphatic rings. The number of rotatable bonds is 6. The number of benzene rings is 1. The Bertz CT molecular complexity index is 1000. The van der Waals surface area contributed by atoms with Crippen molar-refractivity contribution in [2.45, 2.75) is 53.0 Å². The van der Waals surface area contributed by atoms with Crippen molar-refractivity contribution in [2.24, 2.45) is 5.41 Å². The zero-order valence-corrected chi connectivity index (χ0v) is 19.4. The van der Waals surface area contributed by atoms with E-state index in [9.17, 15) is 18.4 Å². The van der Waals surface area contributed by atoms with Gasteiger partial charge in [0.15, 0.2) is 11.6 Å². The quantitative estimate of drug-likeness (QED) is 0.661. The van der Waals surface area contributed by atoms with Crippen molar-refractivity contribution in [3.8, 4) is 0 Å². The van der Waals surface area contributed by atoms with Crippen LogP contribution < -0.4 is 5.32 Å². The van der Waals surface area contributed by atoms with Crippen LogP contribution in [0.1, 0.15) is 65.7 Å². The molecule has 0 saturated carbocycles. The highest BCUT2D eigenvalue weighted by Crippen LogP contribution is 2.25. The molecule has 1 amide bonds. The Labute approximate surface area is 192 Å². The van der Waals surface area contributed by atoms with Gasteiger partial charge >= 0.3 is 5.97 Å². The molecule has 0 fully saturated rings. The maximum absolute atomic E-state index is 13.4. The number of nitrogens with one attached hydrogen (secondary N) is 1. The highest BCUT2D eigenvalue weighted by atomic mass is 19.2. The minimum Gasteiger partial charge on any atom is -0.461 e. The van der Waals surface area contributed by atoms with Gasteiger partial charge in [-0.2, -0.15) is 5.10 Å². The van der Waals surface area contributed by atoms with Gasteiger partial charge in [0.25, 0.3) is 5.91 Å². The van der Waals surface area contributed by atoms with Gasteiger partial charge in [-0.15, -0.1) is 0 Å². The van der Waals surface area contributed by atoms with Crippen molar-refractivity contribution in [1.82, 2.24) is 15.1 Å². The zero-order valence-electron chi connectivity index (χ0n) is 19.4. The molecule has 1 aromatic carbocycles. The summed E-state index contributed by atoms with van der Waals surface area (Å²) in [4.78, 5) is 25.2. The van der Waals surface area contributed by atoms with Crippen LogP contribution in [0.5, 0.6) is 0 Å². The summed E-state index contributed by atoms with van der Waals surface area (Å²) in [6.45, 7) is 8.00. The molecular formula is C24H31F2N3O4. The number of hydrogen-bond donors (Lipinski definition) is 1. The maximum atomic E-state index is 13.4. The summed E-state index contributed by atoms with van der Waals surface area (Å²) < 4.78 is 39.4. The fourth-order valence-corrected chi connectivity index (χ4v) is 3.77. The van der Waals surface area contributed by atoms with Gasteiger partial charge in [0.1, 0.15) is 0 Å². The van der Waals surface area contributed by atoms with Crippen LogP contribution in [0.3, 0.4) is 0 Å². The number of carbonyl (C=O) groups is 2. The third-order valence-corrected chi connectivity index (χ3v) is 5.47. The lowest BCUT2D eigenvalue weighted by atomic mass is 9.94. The van der Waals surface area contributed by atoms with E-state index >= 15 is 0 Å². The highest BCUT2D eigenvalue weighted by molar-refractivity contribution is 5.96. The number of carbonyl (C=O) groups excluding carboxylic acids is 2. The van der Waals surface area contributed by atoms with Crippen LogP contribution in [0.15, 0.2) is 18.2 Å². The van der Waals surface area contributed by atoms with Crippen LogP contribution >= 0.6 is 0 Å². The first kappa shape index (κ1) is 24.8. The van der Waals surface area contributed by atoms with Crippen molar-refractivity contribution in [3.05, 3.63) is 52.3 Å². The van der Waals surface area contributed by atoms with Crippen LogP contribution in [0, 0.1) is 17.0 Å². The van der Waals surface area contributed by atoms with Gasteiger partial charge in [-0.25, -0.2) is 13.6 Å². The third kappa shape index (κ3) is 6.37. The number of aryl methyl sites for hydroxylation is 1. The second-order valence-electron chi connectivity index (χ2n) is 8.97. The Morgan fingerprint density at radius 1 is 1.24 bits per heavy atom. The van der Waals surface area contributed by atoms with E-state index in [4.69, 9.17) is 14.6 Å². The van der Waals surface area contributed by atoms with Crippen molar-refractivity contribution in [2.75, 3.05) is 26.4 Å². The molecule has 1 aliphatic heterocycles. The average molecular weight is 464 g/mol. The molecular weight excluding hydrogens is 432 g/mol. The molecule has 0 saturated heterocycles. The van der Waals surface area contributed by atoms with E-state index in [1.807, 2.05) is 25.5 Å². The number of aromatic nitrogens is 2. The molecule has 2 aromatic rings. The van der Waals surface area contributed by atoms with Gasteiger partial charge in [-0.3, -0.25) is 9.48 Å². The second kappa shape index (κ2) is 10.9. The summed E-state index contributed by atoms with van der Waals surface area (Å²) in [6.07, 6.45) is 2.78. The minimum absolute atomic E-state index is 0.0379. The molecule has 1 N–H and O–H groups in total. The summed E-state index contributed by atoms with van der Waals surface area (Å²) in [5, 5.41) is 7.66. The van der Waals surface area contributed by atoms with E-state index in [1.54, 1.807) is 0 Å². The van der Waals surface area contributed by atoms with Crippen molar-refractivity contribution < 1.29 is 27.8 Å². The molecule has 2 heterocycles. The smallest absolute Gasteiger partial charge is 0.338 e. The molecule has 9 heteroatoms. The summed E-state index contributed by atoms with van der Waals surface area (Å²) in [5.74, 6) is -2.98. The Morgan fingerprint density at radius 2 is 2.00 bits per heavy atom.